The van der Waals surface area contributed by atoms with Crippen LogP contribution in [0.1, 0.15) is 41.8 Å². The molecule has 3 rings (SSSR count). The van der Waals surface area contributed by atoms with E-state index in [9.17, 15) is 8.42 Å². The summed E-state index contributed by atoms with van der Waals surface area (Å²) in [6.07, 6.45) is 3.27. The Bertz CT molecular complexity index is 780. The first-order valence-corrected chi connectivity index (χ1v) is 8.68. The molecule has 22 heavy (non-hydrogen) atoms. The van der Waals surface area contributed by atoms with Crippen LogP contribution < -0.4 is 0 Å². The molecular weight excluding hydrogens is 302 g/mol. The number of nitrogens with one attached hydrogen (secondary N) is 1. The van der Waals surface area contributed by atoms with E-state index in [2.05, 4.69) is 20.2 Å². The molecule has 0 saturated carbocycles. The Morgan fingerprint density at radius 1 is 1.32 bits per heavy atom. The van der Waals surface area contributed by atoms with Crippen LogP contribution >= 0.6 is 0 Å². The molecular formula is C14H19N5O2S. The van der Waals surface area contributed by atoms with Crippen LogP contribution in [0.4, 0.5) is 0 Å². The Morgan fingerprint density at radius 2 is 2.09 bits per heavy atom. The Labute approximate surface area is 129 Å². The van der Waals surface area contributed by atoms with Gasteiger partial charge in [0.25, 0.3) is 0 Å². The summed E-state index contributed by atoms with van der Waals surface area (Å²) in [6, 6.07) is 1.56. The molecule has 8 heteroatoms. The van der Waals surface area contributed by atoms with E-state index in [1.165, 1.54) is 0 Å². The molecule has 0 unspecified atom stereocenters. The largest absolute Gasteiger partial charge is 0.281 e. The third kappa shape index (κ3) is 2.42. The molecule has 0 radical (unpaired) electrons. The molecule has 2 aromatic heterocycles. The van der Waals surface area contributed by atoms with Gasteiger partial charge in [-0.05, 0) is 39.7 Å². The van der Waals surface area contributed by atoms with Gasteiger partial charge in [0.1, 0.15) is 10.7 Å². The van der Waals surface area contributed by atoms with Crippen molar-refractivity contribution in [1.29, 1.82) is 0 Å². The first-order valence-electron chi connectivity index (χ1n) is 7.24. The molecule has 1 fully saturated rings. The number of sulfonamides is 1. The smallest absolute Gasteiger partial charge is 0.247 e. The monoisotopic (exact) mass is 321 g/mol. The van der Waals surface area contributed by atoms with Crippen molar-refractivity contribution in [2.45, 2.75) is 44.6 Å². The van der Waals surface area contributed by atoms with E-state index in [-0.39, 0.29) is 10.9 Å². The van der Waals surface area contributed by atoms with Gasteiger partial charge in [0.2, 0.25) is 10.0 Å². The van der Waals surface area contributed by atoms with E-state index in [0.717, 1.165) is 18.5 Å². The predicted molar refractivity (Wildman–Crippen MR) is 80.7 cm³/mol. The fourth-order valence-electron chi connectivity index (χ4n) is 3.02. The van der Waals surface area contributed by atoms with Crippen LogP contribution in [0.25, 0.3) is 0 Å². The Hall–Kier alpha value is -1.80. The Balaban J connectivity index is 2.03. The standard InChI is InChI=1S/C14H19N5O2S/c1-9-14(10(2)18-17-9)22(20,21)19-8-4-5-13(19)12-6-7-15-11(3)16-12/h6-7,13H,4-5,8H2,1-3H3,(H,17,18)/t13-/m0/s1. The molecule has 0 aromatic carbocycles. The highest BCUT2D eigenvalue weighted by molar-refractivity contribution is 7.89. The molecule has 1 atom stereocenters. The van der Waals surface area contributed by atoms with Crippen molar-refractivity contribution in [2.75, 3.05) is 6.54 Å². The van der Waals surface area contributed by atoms with Gasteiger partial charge in [-0.1, -0.05) is 0 Å². The lowest BCUT2D eigenvalue weighted by molar-refractivity contribution is 0.389. The number of nitrogens with zero attached hydrogens (tertiary/aromatic N) is 4. The summed E-state index contributed by atoms with van der Waals surface area (Å²) in [5.41, 5.74) is 1.83. The number of H-pyrrole nitrogens is 1. The zero-order valence-corrected chi connectivity index (χ0v) is 13.7. The number of hydrogen-bond donors (Lipinski definition) is 1. The highest BCUT2D eigenvalue weighted by Gasteiger charge is 2.39. The molecule has 3 heterocycles. The lowest BCUT2D eigenvalue weighted by Crippen LogP contribution is -2.31. The van der Waals surface area contributed by atoms with Gasteiger partial charge < -0.3 is 0 Å². The topological polar surface area (TPSA) is 91.8 Å². The molecule has 1 aliphatic heterocycles. The van der Waals surface area contributed by atoms with Gasteiger partial charge in [0.05, 0.1) is 23.1 Å². The number of aryl methyl sites for hydroxylation is 3. The second kappa shape index (κ2) is 5.44. The molecule has 1 N–H and O–H groups in total. The van der Waals surface area contributed by atoms with E-state index in [1.54, 1.807) is 30.4 Å². The van der Waals surface area contributed by atoms with Crippen molar-refractivity contribution in [1.82, 2.24) is 24.5 Å². The molecule has 0 amide bonds. The van der Waals surface area contributed by atoms with Crippen LogP contribution in [-0.4, -0.2) is 39.4 Å². The third-order valence-corrected chi connectivity index (χ3v) is 6.14. The molecule has 0 spiro atoms. The third-order valence-electron chi connectivity index (χ3n) is 3.97. The van der Waals surface area contributed by atoms with Gasteiger partial charge in [-0.2, -0.15) is 9.40 Å². The minimum absolute atomic E-state index is 0.236. The van der Waals surface area contributed by atoms with Crippen molar-refractivity contribution in [3.63, 3.8) is 0 Å². The van der Waals surface area contributed by atoms with Crippen molar-refractivity contribution in [3.05, 3.63) is 35.2 Å². The summed E-state index contributed by atoms with van der Waals surface area (Å²) in [5.74, 6) is 0.650. The molecule has 7 nitrogen and oxygen atoms in total. The van der Waals surface area contributed by atoms with E-state index < -0.39 is 10.0 Å². The van der Waals surface area contributed by atoms with Gasteiger partial charge >= 0.3 is 0 Å². The van der Waals surface area contributed by atoms with E-state index in [1.807, 2.05) is 6.92 Å². The second-order valence-corrected chi connectivity index (χ2v) is 7.39. The van der Waals surface area contributed by atoms with E-state index in [4.69, 9.17) is 0 Å². The highest BCUT2D eigenvalue weighted by Crippen LogP contribution is 2.36. The molecule has 118 valence electrons. The zero-order valence-electron chi connectivity index (χ0n) is 12.9. The predicted octanol–water partition coefficient (Wildman–Crippen LogP) is 1.65. The quantitative estimate of drug-likeness (QED) is 0.928. The van der Waals surface area contributed by atoms with Crippen LogP contribution in [0.15, 0.2) is 17.2 Å². The van der Waals surface area contributed by atoms with Crippen LogP contribution in [0.3, 0.4) is 0 Å². The van der Waals surface area contributed by atoms with Gasteiger partial charge in [-0.25, -0.2) is 18.4 Å². The number of aromatic amines is 1. The van der Waals surface area contributed by atoms with Gasteiger partial charge in [-0.15, -0.1) is 0 Å². The van der Waals surface area contributed by atoms with Crippen LogP contribution in [0, 0.1) is 20.8 Å². The minimum atomic E-state index is -3.59. The van der Waals surface area contributed by atoms with Crippen molar-refractivity contribution in [2.24, 2.45) is 0 Å². The Kier molecular flexibility index (Phi) is 3.73. The van der Waals surface area contributed by atoms with Gasteiger partial charge in [0.15, 0.2) is 0 Å². The highest BCUT2D eigenvalue weighted by atomic mass is 32.2. The van der Waals surface area contributed by atoms with Crippen LogP contribution in [0.2, 0.25) is 0 Å². The van der Waals surface area contributed by atoms with Crippen molar-refractivity contribution >= 4 is 10.0 Å². The number of rotatable bonds is 3. The maximum atomic E-state index is 13.0. The van der Waals surface area contributed by atoms with Gasteiger partial charge in [-0.3, -0.25) is 5.10 Å². The maximum absolute atomic E-state index is 13.0. The molecule has 1 saturated heterocycles. The van der Waals surface area contributed by atoms with E-state index >= 15 is 0 Å². The molecule has 1 aliphatic rings. The summed E-state index contributed by atoms with van der Waals surface area (Å²) in [7, 11) is -3.59. The summed E-state index contributed by atoms with van der Waals surface area (Å²) in [5, 5.41) is 6.76. The zero-order chi connectivity index (χ0) is 15.9. The lowest BCUT2D eigenvalue weighted by atomic mass is 10.1. The summed E-state index contributed by atoms with van der Waals surface area (Å²) in [4.78, 5) is 8.77. The summed E-state index contributed by atoms with van der Waals surface area (Å²) in [6.45, 7) is 5.74. The maximum Gasteiger partial charge on any atom is 0.247 e. The SMILES string of the molecule is Cc1nccc([C@@H]2CCCN2S(=O)(=O)c2c(C)n[nH]c2C)n1. The first kappa shape index (κ1) is 15.1. The number of hydrogen-bond acceptors (Lipinski definition) is 5. The average molecular weight is 321 g/mol. The minimum Gasteiger partial charge on any atom is -0.281 e. The summed E-state index contributed by atoms with van der Waals surface area (Å²) < 4.78 is 27.6. The fourth-order valence-corrected chi connectivity index (χ4v) is 5.03. The van der Waals surface area contributed by atoms with Gasteiger partial charge in [0, 0.05) is 12.7 Å². The summed E-state index contributed by atoms with van der Waals surface area (Å²) >= 11 is 0. The van der Waals surface area contributed by atoms with Crippen molar-refractivity contribution < 1.29 is 8.42 Å². The normalized spacial score (nSPS) is 19.7. The van der Waals surface area contributed by atoms with Crippen LogP contribution in [-0.2, 0) is 10.0 Å². The second-order valence-electron chi connectivity index (χ2n) is 5.57. The van der Waals surface area contributed by atoms with E-state index in [0.29, 0.717) is 23.8 Å². The first-order chi connectivity index (χ1) is 10.4. The fraction of sp³-hybridized carbons (Fsp3) is 0.500. The lowest BCUT2D eigenvalue weighted by Gasteiger charge is -2.23. The molecule has 0 bridgehead atoms. The number of aromatic nitrogens is 4. The molecule has 2 aromatic rings. The van der Waals surface area contributed by atoms with Crippen LogP contribution in [0.5, 0.6) is 0 Å². The Morgan fingerprint density at radius 3 is 2.73 bits per heavy atom. The molecule has 0 aliphatic carbocycles. The van der Waals surface area contributed by atoms with Crippen molar-refractivity contribution in [3.8, 4) is 0 Å². The average Bonchev–Trinajstić information content (AvgIpc) is 3.06.